The predicted molar refractivity (Wildman–Crippen MR) is 61.8 cm³/mol. The van der Waals surface area contributed by atoms with E-state index < -0.39 is 0 Å². The van der Waals surface area contributed by atoms with Crippen LogP contribution < -0.4 is 0 Å². The van der Waals surface area contributed by atoms with E-state index >= 15 is 0 Å². The van der Waals surface area contributed by atoms with Gasteiger partial charge in [0, 0.05) is 5.33 Å². The third kappa shape index (κ3) is 3.08. The molecule has 1 aromatic heterocycles. The summed E-state index contributed by atoms with van der Waals surface area (Å²) in [5, 5.41) is 2.91. The highest BCUT2D eigenvalue weighted by molar-refractivity contribution is 9.09. The maximum absolute atomic E-state index is 11.1. The summed E-state index contributed by atoms with van der Waals surface area (Å²) in [6.07, 6.45) is 5.07. The second-order valence-electron chi connectivity index (χ2n) is 2.64. The molecule has 0 bridgehead atoms. The number of alkyl halides is 1. The van der Waals surface area contributed by atoms with E-state index in [0.29, 0.717) is 0 Å². The highest BCUT2D eigenvalue weighted by atomic mass is 79.9. The molecular weight excluding hydrogens is 248 g/mol. The van der Waals surface area contributed by atoms with E-state index in [4.69, 9.17) is 0 Å². The van der Waals surface area contributed by atoms with Gasteiger partial charge in [-0.2, -0.15) is 0 Å². The second-order valence-corrected chi connectivity index (χ2v) is 4.35. The third-order valence-corrected chi connectivity index (χ3v) is 3.08. The number of Topliss-reactive ketones (excluding diaryl/α,β-unsaturated/α-hetero) is 1. The molecule has 1 heterocycles. The van der Waals surface area contributed by atoms with E-state index in [1.165, 1.54) is 11.3 Å². The molecule has 3 heteroatoms. The second kappa shape index (κ2) is 5.35. The highest BCUT2D eigenvalue weighted by Crippen LogP contribution is 2.18. The lowest BCUT2D eigenvalue weighted by atomic mass is 10.2. The summed E-state index contributed by atoms with van der Waals surface area (Å²) in [4.78, 5) is 12.0. The zero-order valence-electron chi connectivity index (χ0n) is 7.42. The summed E-state index contributed by atoms with van der Waals surface area (Å²) in [6.45, 7) is 1.60. The van der Waals surface area contributed by atoms with Crippen molar-refractivity contribution in [1.29, 1.82) is 0 Å². The molecule has 1 rings (SSSR count). The summed E-state index contributed by atoms with van der Waals surface area (Å²) >= 11 is 4.85. The minimum absolute atomic E-state index is 0.147. The SMILES string of the molecule is CC(=O)c1sccc1C=CCCBr. The van der Waals surface area contributed by atoms with Crippen molar-refractivity contribution in [2.75, 3.05) is 5.33 Å². The van der Waals surface area contributed by atoms with Crippen molar-refractivity contribution in [1.82, 2.24) is 0 Å². The van der Waals surface area contributed by atoms with Gasteiger partial charge in [0.1, 0.15) is 0 Å². The summed E-state index contributed by atoms with van der Waals surface area (Å²) in [6, 6.07) is 1.98. The number of hydrogen-bond acceptors (Lipinski definition) is 2. The van der Waals surface area contributed by atoms with Crippen LogP contribution in [0.15, 0.2) is 17.5 Å². The molecule has 0 radical (unpaired) electrons. The van der Waals surface area contributed by atoms with Crippen LogP contribution in [0.4, 0.5) is 0 Å². The third-order valence-electron chi connectivity index (χ3n) is 1.59. The average molecular weight is 259 g/mol. The monoisotopic (exact) mass is 258 g/mol. The number of halogens is 1. The molecule has 70 valence electrons. The Morgan fingerprint density at radius 2 is 2.46 bits per heavy atom. The molecule has 0 aromatic carbocycles. The summed E-state index contributed by atoms with van der Waals surface area (Å²) in [7, 11) is 0. The van der Waals surface area contributed by atoms with Gasteiger partial charge in [-0.1, -0.05) is 28.1 Å². The van der Waals surface area contributed by atoms with Crippen molar-refractivity contribution >= 4 is 39.1 Å². The largest absolute Gasteiger partial charge is 0.294 e. The van der Waals surface area contributed by atoms with Crippen molar-refractivity contribution in [2.45, 2.75) is 13.3 Å². The van der Waals surface area contributed by atoms with Gasteiger partial charge in [0.2, 0.25) is 0 Å². The Balaban J connectivity index is 2.76. The molecule has 0 saturated heterocycles. The summed E-state index contributed by atoms with van der Waals surface area (Å²) in [5.74, 6) is 0.147. The van der Waals surface area contributed by atoms with E-state index in [-0.39, 0.29) is 5.78 Å². The van der Waals surface area contributed by atoms with E-state index in [9.17, 15) is 4.79 Å². The number of allylic oxidation sites excluding steroid dienone is 1. The Kier molecular flexibility index (Phi) is 4.39. The van der Waals surface area contributed by atoms with Crippen LogP contribution >= 0.6 is 27.3 Å². The van der Waals surface area contributed by atoms with E-state index in [1.807, 2.05) is 17.5 Å². The zero-order valence-corrected chi connectivity index (χ0v) is 9.82. The Hall–Kier alpha value is -0.410. The molecule has 1 aromatic rings. The fraction of sp³-hybridized carbons (Fsp3) is 0.300. The first-order valence-corrected chi connectivity index (χ1v) is 6.06. The van der Waals surface area contributed by atoms with Gasteiger partial charge in [0.15, 0.2) is 5.78 Å². The van der Waals surface area contributed by atoms with Gasteiger partial charge in [0.25, 0.3) is 0 Å². The van der Waals surface area contributed by atoms with Gasteiger partial charge in [-0.25, -0.2) is 0 Å². The molecule has 0 saturated carbocycles. The Labute approximate surface area is 90.6 Å². The van der Waals surface area contributed by atoms with Crippen LogP contribution in [0.25, 0.3) is 6.08 Å². The molecule has 1 nitrogen and oxygen atoms in total. The van der Waals surface area contributed by atoms with Crippen molar-refractivity contribution < 1.29 is 4.79 Å². The Bertz CT molecular complexity index is 314. The van der Waals surface area contributed by atoms with Gasteiger partial charge in [-0.3, -0.25) is 4.79 Å². The van der Waals surface area contributed by atoms with Crippen molar-refractivity contribution in [2.24, 2.45) is 0 Å². The number of hydrogen-bond donors (Lipinski definition) is 0. The topological polar surface area (TPSA) is 17.1 Å². The van der Waals surface area contributed by atoms with Crippen molar-refractivity contribution in [3.8, 4) is 0 Å². The van der Waals surface area contributed by atoms with Crippen LogP contribution in [0.2, 0.25) is 0 Å². The minimum atomic E-state index is 0.147. The van der Waals surface area contributed by atoms with E-state index in [0.717, 1.165) is 22.2 Å². The fourth-order valence-electron chi connectivity index (χ4n) is 1.01. The minimum Gasteiger partial charge on any atom is -0.294 e. The lowest BCUT2D eigenvalue weighted by Crippen LogP contribution is -1.88. The molecule has 0 amide bonds. The van der Waals surface area contributed by atoms with Gasteiger partial charge in [-0.05, 0) is 30.4 Å². The van der Waals surface area contributed by atoms with Crippen LogP contribution in [-0.2, 0) is 0 Å². The molecule has 13 heavy (non-hydrogen) atoms. The number of rotatable bonds is 4. The highest BCUT2D eigenvalue weighted by Gasteiger charge is 2.04. The van der Waals surface area contributed by atoms with Crippen molar-refractivity contribution in [3.63, 3.8) is 0 Å². The molecule has 0 fully saturated rings. The van der Waals surface area contributed by atoms with Crippen LogP contribution in [0.1, 0.15) is 28.6 Å². The summed E-state index contributed by atoms with van der Waals surface area (Å²) < 4.78 is 0. The van der Waals surface area contributed by atoms with Crippen LogP contribution in [0.3, 0.4) is 0 Å². The molecule has 0 N–H and O–H groups in total. The quantitative estimate of drug-likeness (QED) is 0.594. The number of ketones is 1. The molecule has 0 aliphatic carbocycles. The van der Waals surface area contributed by atoms with Crippen LogP contribution in [-0.4, -0.2) is 11.1 Å². The molecule has 0 unspecified atom stereocenters. The van der Waals surface area contributed by atoms with Gasteiger partial charge < -0.3 is 0 Å². The van der Waals surface area contributed by atoms with Gasteiger partial charge in [0.05, 0.1) is 4.88 Å². The number of carbonyl (C=O) groups is 1. The lowest BCUT2D eigenvalue weighted by Gasteiger charge is -1.91. The molecule has 0 aliphatic rings. The maximum Gasteiger partial charge on any atom is 0.170 e. The van der Waals surface area contributed by atoms with E-state index in [2.05, 4.69) is 22.0 Å². The standard InChI is InChI=1S/C10H11BrOS/c1-8(12)10-9(5-7-13-10)4-2-3-6-11/h2,4-5,7H,3,6H2,1H3. The normalized spacial score (nSPS) is 10.9. The van der Waals surface area contributed by atoms with Crippen molar-refractivity contribution in [3.05, 3.63) is 28.0 Å². The smallest absolute Gasteiger partial charge is 0.170 e. The maximum atomic E-state index is 11.1. The summed E-state index contributed by atoms with van der Waals surface area (Å²) in [5.41, 5.74) is 1.04. The van der Waals surface area contributed by atoms with Gasteiger partial charge in [-0.15, -0.1) is 11.3 Å². The Morgan fingerprint density at radius 1 is 1.69 bits per heavy atom. The first-order valence-electron chi connectivity index (χ1n) is 4.06. The fourth-order valence-corrected chi connectivity index (χ4v) is 2.06. The Morgan fingerprint density at radius 3 is 3.08 bits per heavy atom. The molecular formula is C10H11BrOS. The zero-order chi connectivity index (χ0) is 9.68. The van der Waals surface area contributed by atoms with Gasteiger partial charge >= 0.3 is 0 Å². The van der Waals surface area contributed by atoms with Crippen LogP contribution in [0.5, 0.6) is 0 Å². The predicted octanol–water partition coefficient (Wildman–Crippen LogP) is 3.75. The first kappa shape index (κ1) is 10.7. The molecule has 0 atom stereocenters. The first-order chi connectivity index (χ1) is 6.25. The number of thiophene rings is 1. The average Bonchev–Trinajstić information content (AvgIpc) is 2.53. The molecule has 0 spiro atoms. The van der Waals surface area contributed by atoms with Crippen LogP contribution in [0, 0.1) is 0 Å². The lowest BCUT2D eigenvalue weighted by molar-refractivity contribution is 0.102. The number of carbonyl (C=O) groups excluding carboxylic acids is 1. The molecule has 0 aliphatic heterocycles. The van der Waals surface area contributed by atoms with E-state index in [1.54, 1.807) is 6.92 Å².